The topological polar surface area (TPSA) is 45.7 Å². The lowest BCUT2D eigenvalue weighted by atomic mass is 10.1. The van der Waals surface area contributed by atoms with Gasteiger partial charge in [0.25, 0.3) is 0 Å². The highest BCUT2D eigenvalue weighted by Gasteiger charge is 2.11. The lowest BCUT2D eigenvalue weighted by Gasteiger charge is -2.08. The van der Waals surface area contributed by atoms with Gasteiger partial charge in [0.1, 0.15) is 5.75 Å². The number of hydrogen-bond acceptors (Lipinski definition) is 2. The zero-order valence-corrected chi connectivity index (χ0v) is 13.2. The molecule has 0 saturated carbocycles. The first-order chi connectivity index (χ1) is 8.33. The first-order valence-corrected chi connectivity index (χ1v) is 5.96. The van der Waals surface area contributed by atoms with Crippen LogP contribution < -0.4 is 15.4 Å². The maximum atomic E-state index is 5.49. The molecule has 0 atom stereocenters. The van der Waals surface area contributed by atoms with Gasteiger partial charge in [-0.2, -0.15) is 0 Å². The summed E-state index contributed by atoms with van der Waals surface area (Å²) in [4.78, 5) is 4.07. The van der Waals surface area contributed by atoms with Crippen molar-refractivity contribution in [2.75, 3.05) is 27.2 Å². The van der Waals surface area contributed by atoms with Gasteiger partial charge in [-0.15, -0.1) is 24.0 Å². The van der Waals surface area contributed by atoms with Crippen molar-refractivity contribution in [1.82, 2.24) is 10.6 Å². The van der Waals surface area contributed by atoms with E-state index < -0.39 is 0 Å². The second-order valence-electron chi connectivity index (χ2n) is 4.04. The number of nitrogens with zero attached hydrogens (tertiary/aromatic N) is 1. The Morgan fingerprint density at radius 3 is 3.00 bits per heavy atom. The number of hydrogen-bond donors (Lipinski definition) is 2. The van der Waals surface area contributed by atoms with Crippen molar-refractivity contribution in [3.63, 3.8) is 0 Å². The number of fused-ring (bicyclic) bond motifs is 1. The third-order valence-electron chi connectivity index (χ3n) is 2.92. The molecule has 1 aliphatic heterocycles. The standard InChI is InChI=1S/C13H19N3O.HI/c1-14-13(15-2)16-7-5-10-3-4-12-11(9-10)6-8-17-12;/h3-4,9H,5-8H2,1-2H3,(H2,14,15,16);1H. The summed E-state index contributed by atoms with van der Waals surface area (Å²) < 4.78 is 5.49. The number of ether oxygens (including phenoxy) is 1. The van der Waals surface area contributed by atoms with Gasteiger partial charge in [-0.05, 0) is 23.6 Å². The van der Waals surface area contributed by atoms with Crippen LogP contribution in [0, 0.1) is 0 Å². The van der Waals surface area contributed by atoms with Crippen LogP contribution in [0.3, 0.4) is 0 Å². The molecule has 0 bridgehead atoms. The largest absolute Gasteiger partial charge is 0.493 e. The van der Waals surface area contributed by atoms with Gasteiger partial charge in [-0.3, -0.25) is 4.99 Å². The fraction of sp³-hybridized carbons (Fsp3) is 0.462. The second kappa shape index (κ2) is 7.45. The van der Waals surface area contributed by atoms with Gasteiger partial charge in [-0.25, -0.2) is 0 Å². The first-order valence-electron chi connectivity index (χ1n) is 5.96. The lowest BCUT2D eigenvalue weighted by molar-refractivity contribution is 0.357. The fourth-order valence-electron chi connectivity index (χ4n) is 2.00. The summed E-state index contributed by atoms with van der Waals surface area (Å²) in [5.74, 6) is 1.88. The van der Waals surface area contributed by atoms with E-state index in [2.05, 4.69) is 33.8 Å². The van der Waals surface area contributed by atoms with E-state index in [1.165, 1.54) is 11.1 Å². The number of halogens is 1. The molecule has 1 aromatic rings. The number of benzene rings is 1. The van der Waals surface area contributed by atoms with E-state index in [-0.39, 0.29) is 24.0 Å². The maximum absolute atomic E-state index is 5.49. The minimum Gasteiger partial charge on any atom is -0.493 e. The van der Waals surface area contributed by atoms with Crippen molar-refractivity contribution in [2.45, 2.75) is 12.8 Å². The van der Waals surface area contributed by atoms with E-state index in [1.54, 1.807) is 7.05 Å². The molecule has 0 saturated heterocycles. The van der Waals surface area contributed by atoms with Crippen molar-refractivity contribution in [1.29, 1.82) is 0 Å². The molecule has 5 heteroatoms. The normalized spacial score (nSPS) is 13.3. The van der Waals surface area contributed by atoms with Crippen LogP contribution in [0.2, 0.25) is 0 Å². The van der Waals surface area contributed by atoms with Gasteiger partial charge in [0, 0.05) is 27.1 Å². The molecule has 0 spiro atoms. The smallest absolute Gasteiger partial charge is 0.190 e. The molecule has 100 valence electrons. The molecule has 1 aromatic carbocycles. The van der Waals surface area contributed by atoms with Gasteiger partial charge in [-0.1, -0.05) is 12.1 Å². The van der Waals surface area contributed by atoms with E-state index in [1.807, 2.05) is 7.05 Å². The molecule has 2 rings (SSSR count). The summed E-state index contributed by atoms with van der Waals surface area (Å²) in [6.07, 6.45) is 2.03. The predicted octanol–water partition coefficient (Wildman–Crippen LogP) is 1.58. The number of aliphatic imine (C=N–C) groups is 1. The quantitative estimate of drug-likeness (QED) is 0.488. The zero-order valence-electron chi connectivity index (χ0n) is 10.8. The lowest BCUT2D eigenvalue weighted by Crippen LogP contribution is -2.35. The molecule has 2 N–H and O–H groups in total. The van der Waals surface area contributed by atoms with Crippen LogP contribution in [0.1, 0.15) is 11.1 Å². The molecule has 4 nitrogen and oxygen atoms in total. The van der Waals surface area contributed by atoms with Crippen LogP contribution >= 0.6 is 24.0 Å². The molecule has 18 heavy (non-hydrogen) atoms. The summed E-state index contributed by atoms with van der Waals surface area (Å²) >= 11 is 0. The molecular weight excluding hydrogens is 341 g/mol. The van der Waals surface area contributed by atoms with Crippen LogP contribution in [0.4, 0.5) is 0 Å². The highest BCUT2D eigenvalue weighted by atomic mass is 127. The molecule has 0 aliphatic carbocycles. The van der Waals surface area contributed by atoms with Crippen LogP contribution in [0.5, 0.6) is 5.75 Å². The molecule has 0 fully saturated rings. The average Bonchev–Trinajstić information content (AvgIpc) is 2.82. The van der Waals surface area contributed by atoms with Gasteiger partial charge in [0.15, 0.2) is 5.96 Å². The van der Waals surface area contributed by atoms with Gasteiger partial charge in [0.2, 0.25) is 0 Å². The summed E-state index contributed by atoms with van der Waals surface area (Å²) in [5.41, 5.74) is 2.67. The SMILES string of the molecule is CN=C(NC)NCCc1ccc2c(c1)CCO2.I. The first kappa shape index (κ1) is 15.1. The Morgan fingerprint density at radius 2 is 2.28 bits per heavy atom. The summed E-state index contributed by atoms with van der Waals surface area (Å²) in [6, 6.07) is 6.45. The van der Waals surface area contributed by atoms with E-state index in [0.717, 1.165) is 37.7 Å². The molecule has 0 radical (unpaired) electrons. The molecule has 0 unspecified atom stereocenters. The molecule has 0 aromatic heterocycles. The van der Waals surface area contributed by atoms with Crippen molar-refractivity contribution >= 4 is 29.9 Å². The van der Waals surface area contributed by atoms with Crippen molar-refractivity contribution in [3.8, 4) is 5.75 Å². The van der Waals surface area contributed by atoms with Crippen molar-refractivity contribution in [3.05, 3.63) is 29.3 Å². The summed E-state index contributed by atoms with van der Waals surface area (Å²) in [7, 11) is 3.63. The monoisotopic (exact) mass is 361 g/mol. The Labute approximate surface area is 125 Å². The number of nitrogens with one attached hydrogen (secondary N) is 2. The van der Waals surface area contributed by atoms with Crippen molar-refractivity contribution in [2.24, 2.45) is 4.99 Å². The Hall–Kier alpha value is -0.980. The molecule has 1 heterocycles. The second-order valence-corrected chi connectivity index (χ2v) is 4.04. The van der Waals surface area contributed by atoms with Gasteiger partial charge < -0.3 is 15.4 Å². The van der Waals surface area contributed by atoms with Gasteiger partial charge in [0.05, 0.1) is 6.61 Å². The van der Waals surface area contributed by atoms with Gasteiger partial charge >= 0.3 is 0 Å². The third kappa shape index (κ3) is 3.76. The number of guanidine groups is 1. The van der Waals surface area contributed by atoms with E-state index in [9.17, 15) is 0 Å². The minimum absolute atomic E-state index is 0. The van der Waals surface area contributed by atoms with Crippen LogP contribution in [0.15, 0.2) is 23.2 Å². The Kier molecular flexibility index (Phi) is 6.24. The van der Waals surface area contributed by atoms with Crippen LogP contribution in [-0.2, 0) is 12.8 Å². The van der Waals surface area contributed by atoms with Crippen LogP contribution in [0.25, 0.3) is 0 Å². The number of rotatable bonds is 3. The Balaban J connectivity index is 0.00000162. The Morgan fingerprint density at radius 1 is 1.44 bits per heavy atom. The molecular formula is C13H20IN3O. The summed E-state index contributed by atoms with van der Waals surface area (Å²) in [6.45, 7) is 1.70. The van der Waals surface area contributed by atoms with E-state index in [4.69, 9.17) is 4.74 Å². The predicted molar refractivity (Wildman–Crippen MR) is 85.2 cm³/mol. The molecule has 1 aliphatic rings. The van der Waals surface area contributed by atoms with Crippen molar-refractivity contribution < 1.29 is 4.74 Å². The van der Waals surface area contributed by atoms with E-state index >= 15 is 0 Å². The Bertz CT molecular complexity index is 421. The summed E-state index contributed by atoms with van der Waals surface area (Å²) in [5, 5.41) is 6.24. The van der Waals surface area contributed by atoms with E-state index in [0.29, 0.717) is 0 Å². The van der Waals surface area contributed by atoms with Crippen LogP contribution in [-0.4, -0.2) is 33.2 Å². The third-order valence-corrected chi connectivity index (χ3v) is 2.92. The molecule has 0 amide bonds. The highest BCUT2D eigenvalue weighted by molar-refractivity contribution is 14.0. The maximum Gasteiger partial charge on any atom is 0.190 e. The average molecular weight is 361 g/mol. The fourth-order valence-corrected chi connectivity index (χ4v) is 2.00. The zero-order chi connectivity index (χ0) is 12.1. The minimum atomic E-state index is 0. The highest BCUT2D eigenvalue weighted by Crippen LogP contribution is 2.25.